The molecule has 1 aliphatic rings. The molecule has 1 saturated carbocycles. The second-order valence-corrected chi connectivity index (χ2v) is 7.55. The standard InChI is InChI=1S/C15H25N.C11H14.2C2H6.C2H4/c1-5-7-15(6-2)16-13(4)14-10-8-12(3)9-11-14;1-4-10-8-6-7-9(3)11(10)5-2;3*1-2/h5-7,12,14,16H,4,8-11H2,1-3H3;4,6-8H,1,5H2,2-3H3;2*1-2H3;1-2H2/b7-5-,15-6+;;;;. The van der Waals surface area contributed by atoms with Crippen molar-refractivity contribution in [3.8, 4) is 0 Å². The molecule has 0 aliphatic heterocycles. The first kappa shape index (κ1) is 35.3. The molecule has 0 amide bonds. The molecular weight excluding hydrogens is 398 g/mol. The summed E-state index contributed by atoms with van der Waals surface area (Å²) in [4.78, 5) is 0. The van der Waals surface area contributed by atoms with E-state index in [9.17, 15) is 0 Å². The van der Waals surface area contributed by atoms with Gasteiger partial charge in [-0.15, -0.1) is 13.2 Å². The van der Waals surface area contributed by atoms with Crippen molar-refractivity contribution in [3.63, 3.8) is 0 Å². The third-order valence-electron chi connectivity index (χ3n) is 5.49. The molecule has 0 aromatic heterocycles. The second-order valence-electron chi connectivity index (χ2n) is 7.55. The second kappa shape index (κ2) is 24.4. The molecule has 1 nitrogen and oxygen atoms in total. The third-order valence-corrected chi connectivity index (χ3v) is 5.49. The summed E-state index contributed by atoms with van der Waals surface area (Å²) >= 11 is 0. The van der Waals surface area contributed by atoms with Gasteiger partial charge in [0.2, 0.25) is 0 Å². The predicted octanol–water partition coefficient (Wildman–Crippen LogP) is 10.5. The Labute approximate surface area is 208 Å². The average molecular weight is 454 g/mol. The van der Waals surface area contributed by atoms with Gasteiger partial charge in [-0.05, 0) is 74.6 Å². The van der Waals surface area contributed by atoms with Crippen molar-refractivity contribution in [2.45, 2.75) is 94.4 Å². The molecule has 1 N–H and O–H groups in total. The lowest BCUT2D eigenvalue weighted by Crippen LogP contribution is -2.22. The molecule has 0 saturated heterocycles. The van der Waals surface area contributed by atoms with E-state index in [0.29, 0.717) is 5.92 Å². The highest BCUT2D eigenvalue weighted by molar-refractivity contribution is 5.54. The SMILES string of the molecule is C=C.C=C(NC(/C=C\C)=C/C)C1CCC(C)CC1.C=Cc1cccc(C)c1CC.CC.CC. The summed E-state index contributed by atoms with van der Waals surface area (Å²) in [6.45, 7) is 32.7. The van der Waals surface area contributed by atoms with E-state index >= 15 is 0 Å². The molecule has 1 aliphatic carbocycles. The number of hydrogen-bond acceptors (Lipinski definition) is 1. The normalized spacial score (nSPS) is 16.8. The lowest BCUT2D eigenvalue weighted by molar-refractivity contribution is 0.314. The average Bonchev–Trinajstić information content (AvgIpc) is 2.87. The van der Waals surface area contributed by atoms with Gasteiger partial charge in [0.25, 0.3) is 0 Å². The minimum atomic E-state index is 0.663. The van der Waals surface area contributed by atoms with E-state index in [1.165, 1.54) is 48.1 Å². The smallest absolute Gasteiger partial charge is 0.0335 e. The number of nitrogens with one attached hydrogen (secondary N) is 1. The zero-order valence-corrected chi connectivity index (χ0v) is 23.6. The molecule has 0 spiro atoms. The van der Waals surface area contributed by atoms with Crippen LogP contribution in [-0.2, 0) is 6.42 Å². The van der Waals surface area contributed by atoms with Crippen LogP contribution in [-0.4, -0.2) is 0 Å². The van der Waals surface area contributed by atoms with Gasteiger partial charge in [-0.25, -0.2) is 0 Å². The van der Waals surface area contributed by atoms with Crippen LogP contribution in [0.1, 0.15) is 97.8 Å². The van der Waals surface area contributed by atoms with Gasteiger partial charge in [-0.2, -0.15) is 0 Å². The zero-order chi connectivity index (χ0) is 26.2. The first-order chi connectivity index (χ1) is 16.0. The van der Waals surface area contributed by atoms with Gasteiger partial charge in [0.15, 0.2) is 0 Å². The van der Waals surface area contributed by atoms with Crippen LogP contribution in [0.25, 0.3) is 6.08 Å². The van der Waals surface area contributed by atoms with Crippen LogP contribution < -0.4 is 5.32 Å². The van der Waals surface area contributed by atoms with Gasteiger partial charge in [0.05, 0.1) is 0 Å². The summed E-state index contributed by atoms with van der Waals surface area (Å²) in [5.74, 6) is 1.57. The number of allylic oxidation sites excluding steroid dienone is 4. The fourth-order valence-corrected chi connectivity index (χ4v) is 3.68. The maximum atomic E-state index is 4.19. The molecule has 0 radical (unpaired) electrons. The molecule has 0 bridgehead atoms. The number of aryl methyl sites for hydroxylation is 1. The topological polar surface area (TPSA) is 12.0 Å². The van der Waals surface area contributed by atoms with Crippen molar-refractivity contribution in [1.82, 2.24) is 5.32 Å². The van der Waals surface area contributed by atoms with Crippen LogP contribution >= 0.6 is 0 Å². The first-order valence-electron chi connectivity index (χ1n) is 12.9. The van der Waals surface area contributed by atoms with Crippen molar-refractivity contribution in [3.05, 3.63) is 90.8 Å². The van der Waals surface area contributed by atoms with Gasteiger partial charge in [0.1, 0.15) is 0 Å². The Kier molecular flexibility index (Phi) is 26.1. The molecule has 1 heteroatoms. The fraction of sp³-hybridized carbons (Fsp3) is 0.500. The van der Waals surface area contributed by atoms with Crippen LogP contribution in [0.2, 0.25) is 0 Å². The minimum Gasteiger partial charge on any atom is -0.359 e. The highest BCUT2D eigenvalue weighted by atomic mass is 14.9. The van der Waals surface area contributed by atoms with Gasteiger partial charge < -0.3 is 5.32 Å². The molecule has 1 fully saturated rings. The maximum absolute atomic E-state index is 4.19. The highest BCUT2D eigenvalue weighted by Gasteiger charge is 2.20. The van der Waals surface area contributed by atoms with E-state index in [0.717, 1.165) is 18.0 Å². The molecular formula is C32H55N. The van der Waals surface area contributed by atoms with E-state index in [-0.39, 0.29) is 0 Å². The van der Waals surface area contributed by atoms with Gasteiger partial charge >= 0.3 is 0 Å². The Morgan fingerprint density at radius 2 is 1.58 bits per heavy atom. The van der Waals surface area contributed by atoms with Crippen LogP contribution in [0.15, 0.2) is 74.1 Å². The number of rotatable bonds is 6. The molecule has 0 atom stereocenters. The summed E-state index contributed by atoms with van der Waals surface area (Å²) in [5, 5.41) is 3.43. The zero-order valence-electron chi connectivity index (χ0n) is 23.6. The number of hydrogen-bond donors (Lipinski definition) is 1. The Morgan fingerprint density at radius 3 is 1.97 bits per heavy atom. The van der Waals surface area contributed by atoms with Crippen LogP contribution in [0.4, 0.5) is 0 Å². The summed E-state index contributed by atoms with van der Waals surface area (Å²) in [6.07, 6.45) is 14.5. The molecule has 33 heavy (non-hydrogen) atoms. The van der Waals surface area contributed by atoms with Crippen LogP contribution in [0.3, 0.4) is 0 Å². The fourth-order valence-electron chi connectivity index (χ4n) is 3.68. The molecule has 0 unspecified atom stereocenters. The Hall–Kier alpha value is -2.28. The van der Waals surface area contributed by atoms with Crippen LogP contribution in [0.5, 0.6) is 0 Å². The largest absolute Gasteiger partial charge is 0.359 e. The van der Waals surface area contributed by atoms with Crippen molar-refractivity contribution >= 4 is 6.08 Å². The monoisotopic (exact) mass is 453 g/mol. The Morgan fingerprint density at radius 1 is 1.03 bits per heavy atom. The van der Waals surface area contributed by atoms with Crippen molar-refractivity contribution in [1.29, 1.82) is 0 Å². The highest BCUT2D eigenvalue weighted by Crippen LogP contribution is 2.31. The lowest BCUT2D eigenvalue weighted by atomic mass is 9.81. The first-order valence-corrected chi connectivity index (χ1v) is 12.9. The van der Waals surface area contributed by atoms with Crippen molar-refractivity contribution in [2.24, 2.45) is 11.8 Å². The summed E-state index contributed by atoms with van der Waals surface area (Å²) in [7, 11) is 0. The van der Waals surface area contributed by atoms with Gasteiger partial charge in [-0.1, -0.05) is 104 Å². The summed E-state index contributed by atoms with van der Waals surface area (Å²) in [5.41, 5.74) is 6.41. The molecule has 2 rings (SSSR count). The molecule has 1 aromatic rings. The van der Waals surface area contributed by atoms with E-state index in [4.69, 9.17) is 0 Å². The van der Waals surface area contributed by atoms with Gasteiger partial charge in [-0.3, -0.25) is 0 Å². The molecule has 1 aromatic carbocycles. The maximum Gasteiger partial charge on any atom is 0.0335 e. The quantitative estimate of drug-likeness (QED) is 0.333. The molecule has 188 valence electrons. The predicted molar refractivity (Wildman–Crippen MR) is 157 cm³/mol. The van der Waals surface area contributed by atoms with E-state index in [1.54, 1.807) is 0 Å². The van der Waals surface area contributed by atoms with E-state index in [2.05, 4.69) is 95.8 Å². The van der Waals surface area contributed by atoms with Crippen molar-refractivity contribution in [2.75, 3.05) is 0 Å². The Bertz CT molecular complexity index is 670. The van der Waals surface area contributed by atoms with Crippen molar-refractivity contribution < 1.29 is 0 Å². The minimum absolute atomic E-state index is 0.663. The lowest BCUT2D eigenvalue weighted by Gasteiger charge is -2.28. The third kappa shape index (κ3) is 15.2. The van der Waals surface area contributed by atoms with E-state index in [1.807, 2.05) is 40.7 Å². The number of benzene rings is 1. The summed E-state index contributed by atoms with van der Waals surface area (Å²) < 4.78 is 0. The van der Waals surface area contributed by atoms with E-state index < -0.39 is 0 Å². The van der Waals surface area contributed by atoms with Gasteiger partial charge in [0, 0.05) is 11.4 Å². The molecule has 0 heterocycles. The Balaban J connectivity index is -0.000000461. The summed E-state index contributed by atoms with van der Waals surface area (Å²) in [6, 6.07) is 6.33. The van der Waals surface area contributed by atoms with Crippen LogP contribution in [0, 0.1) is 18.8 Å².